The number of rotatable bonds is 9. The summed E-state index contributed by atoms with van der Waals surface area (Å²) >= 11 is 0. The average molecular weight is 467 g/mol. The molecule has 180 valence electrons. The van der Waals surface area contributed by atoms with Crippen LogP contribution in [0.4, 0.5) is 11.4 Å². The molecular formula is C25H30N4O5. The number of nitro benzene ring substituents is 1. The third-order valence-electron chi connectivity index (χ3n) is 6.17. The third kappa shape index (κ3) is 4.94. The molecule has 0 saturated carbocycles. The van der Waals surface area contributed by atoms with Gasteiger partial charge in [0, 0.05) is 50.6 Å². The second-order valence-corrected chi connectivity index (χ2v) is 8.31. The summed E-state index contributed by atoms with van der Waals surface area (Å²) < 4.78 is 0. The number of benzene rings is 2. The van der Waals surface area contributed by atoms with Crippen LogP contribution in [0.1, 0.15) is 31.0 Å². The first-order chi connectivity index (χ1) is 16.2. The Labute approximate surface area is 199 Å². The molecule has 0 radical (unpaired) electrons. The average Bonchev–Trinajstić information content (AvgIpc) is 3.09. The second kappa shape index (κ2) is 10.5. The van der Waals surface area contributed by atoms with Crippen molar-refractivity contribution in [3.8, 4) is 0 Å². The Morgan fingerprint density at radius 3 is 2.12 bits per heavy atom. The zero-order valence-corrected chi connectivity index (χ0v) is 19.9. The number of hydrogen-bond donors (Lipinski definition) is 1. The molecule has 9 heteroatoms. The Morgan fingerprint density at radius 1 is 1.03 bits per heavy atom. The van der Waals surface area contributed by atoms with E-state index in [2.05, 4.69) is 4.90 Å². The van der Waals surface area contributed by atoms with Gasteiger partial charge >= 0.3 is 0 Å². The van der Waals surface area contributed by atoms with Gasteiger partial charge in [0.25, 0.3) is 17.4 Å². The summed E-state index contributed by atoms with van der Waals surface area (Å²) in [6.07, 6.45) is 0. The zero-order valence-electron chi connectivity index (χ0n) is 19.9. The lowest BCUT2D eigenvalue weighted by Crippen LogP contribution is -2.38. The maximum absolute atomic E-state index is 13.1. The van der Waals surface area contributed by atoms with E-state index in [1.54, 1.807) is 0 Å². The predicted molar refractivity (Wildman–Crippen MR) is 131 cm³/mol. The Bertz CT molecular complexity index is 1090. The van der Waals surface area contributed by atoms with Crippen LogP contribution in [-0.4, -0.2) is 71.8 Å². The molecule has 2 aromatic rings. The minimum absolute atomic E-state index is 0.0176. The summed E-state index contributed by atoms with van der Waals surface area (Å²) in [5.41, 5.74) is 1.75. The van der Waals surface area contributed by atoms with Crippen molar-refractivity contribution in [3.05, 3.63) is 75.3 Å². The van der Waals surface area contributed by atoms with Crippen molar-refractivity contribution in [2.75, 3.05) is 45.2 Å². The number of likely N-dealkylation sites (tertiary alicyclic amines) is 1. The fourth-order valence-electron chi connectivity index (χ4n) is 4.10. The highest BCUT2D eigenvalue weighted by molar-refractivity contribution is 6.46. The lowest BCUT2D eigenvalue weighted by molar-refractivity contribution is -0.384. The second-order valence-electron chi connectivity index (χ2n) is 8.31. The molecule has 34 heavy (non-hydrogen) atoms. The number of likely N-dealkylation sites (N-methyl/N-ethyl adjacent to an activating group) is 1. The molecule has 3 rings (SSSR count). The first kappa shape index (κ1) is 24.9. The zero-order chi connectivity index (χ0) is 25.0. The van der Waals surface area contributed by atoms with Crippen molar-refractivity contribution in [1.29, 1.82) is 0 Å². The lowest BCUT2D eigenvalue weighted by Gasteiger charge is -2.28. The van der Waals surface area contributed by atoms with Crippen LogP contribution in [0.15, 0.2) is 54.1 Å². The molecule has 0 aromatic heterocycles. The van der Waals surface area contributed by atoms with Gasteiger partial charge in [-0.25, -0.2) is 0 Å². The molecule has 2 aromatic carbocycles. The molecule has 1 heterocycles. The molecule has 0 spiro atoms. The number of carbonyl (C=O) groups excluding carboxylic acids is 2. The van der Waals surface area contributed by atoms with Crippen LogP contribution in [-0.2, 0) is 9.59 Å². The molecule has 0 bridgehead atoms. The lowest BCUT2D eigenvalue weighted by atomic mass is 9.95. The van der Waals surface area contributed by atoms with Crippen LogP contribution in [0.5, 0.6) is 0 Å². The number of nitrogens with zero attached hydrogens (tertiary/aromatic N) is 4. The molecule has 1 aliphatic rings. The van der Waals surface area contributed by atoms with E-state index < -0.39 is 22.7 Å². The number of hydrogen-bond acceptors (Lipinski definition) is 7. The van der Waals surface area contributed by atoms with Crippen LogP contribution < -0.4 is 4.90 Å². The molecule has 1 saturated heterocycles. The van der Waals surface area contributed by atoms with Gasteiger partial charge < -0.3 is 19.8 Å². The van der Waals surface area contributed by atoms with Gasteiger partial charge in [-0.3, -0.25) is 19.7 Å². The predicted octanol–water partition coefficient (Wildman–Crippen LogP) is 3.42. The number of non-ortho nitro benzene ring substituents is 1. The number of nitro groups is 1. The fourth-order valence-corrected chi connectivity index (χ4v) is 4.10. The number of carbonyl (C=O) groups is 2. The number of ketones is 1. The van der Waals surface area contributed by atoms with Gasteiger partial charge in [0.2, 0.25) is 0 Å². The van der Waals surface area contributed by atoms with Gasteiger partial charge in [0.15, 0.2) is 0 Å². The van der Waals surface area contributed by atoms with Crippen molar-refractivity contribution in [3.63, 3.8) is 0 Å². The summed E-state index contributed by atoms with van der Waals surface area (Å²) in [7, 11) is 3.83. The van der Waals surface area contributed by atoms with Gasteiger partial charge in [-0.15, -0.1) is 0 Å². The summed E-state index contributed by atoms with van der Waals surface area (Å²) in [4.78, 5) is 42.2. The van der Waals surface area contributed by atoms with E-state index in [0.29, 0.717) is 18.7 Å². The van der Waals surface area contributed by atoms with E-state index >= 15 is 0 Å². The van der Waals surface area contributed by atoms with Crippen LogP contribution in [0, 0.1) is 10.1 Å². The molecular weight excluding hydrogens is 436 g/mol. The summed E-state index contributed by atoms with van der Waals surface area (Å²) in [6, 6.07) is 12.0. The smallest absolute Gasteiger partial charge is 0.295 e. The Kier molecular flexibility index (Phi) is 7.68. The summed E-state index contributed by atoms with van der Waals surface area (Å²) in [6.45, 7) is 6.59. The van der Waals surface area contributed by atoms with Crippen LogP contribution in [0.25, 0.3) is 5.76 Å². The maximum atomic E-state index is 13.1. The van der Waals surface area contributed by atoms with Gasteiger partial charge in [0.05, 0.1) is 16.5 Å². The summed E-state index contributed by atoms with van der Waals surface area (Å²) in [5.74, 6) is -1.78. The minimum atomic E-state index is -0.767. The highest BCUT2D eigenvalue weighted by Gasteiger charge is 2.46. The van der Waals surface area contributed by atoms with Crippen molar-refractivity contribution in [2.45, 2.75) is 19.9 Å². The van der Waals surface area contributed by atoms with Crippen LogP contribution in [0.2, 0.25) is 0 Å². The SMILES string of the molecule is CCN(CC)CCN1C(=O)C(=O)C(=C(O)c2ccc([N+](=O)[O-])cc2)[C@H]1c1ccc(N(C)C)cc1. The van der Waals surface area contributed by atoms with Gasteiger partial charge in [0.1, 0.15) is 5.76 Å². The van der Waals surface area contributed by atoms with E-state index in [1.807, 2.05) is 57.1 Å². The van der Waals surface area contributed by atoms with Gasteiger partial charge in [-0.2, -0.15) is 0 Å². The van der Waals surface area contributed by atoms with Crippen LogP contribution in [0.3, 0.4) is 0 Å². The van der Waals surface area contributed by atoms with E-state index in [0.717, 1.165) is 18.8 Å². The van der Waals surface area contributed by atoms with Gasteiger partial charge in [-0.1, -0.05) is 26.0 Å². The third-order valence-corrected chi connectivity index (χ3v) is 6.17. The highest BCUT2D eigenvalue weighted by Crippen LogP contribution is 2.39. The minimum Gasteiger partial charge on any atom is -0.507 e. The number of anilines is 1. The monoisotopic (exact) mass is 466 g/mol. The first-order valence-electron chi connectivity index (χ1n) is 11.2. The maximum Gasteiger partial charge on any atom is 0.295 e. The topological polar surface area (TPSA) is 107 Å². The largest absolute Gasteiger partial charge is 0.507 e. The Hall–Kier alpha value is -3.72. The molecule has 0 aliphatic carbocycles. The van der Waals surface area contributed by atoms with Crippen molar-refractivity contribution in [2.24, 2.45) is 0 Å². The Balaban J connectivity index is 2.09. The molecule has 1 aliphatic heterocycles. The van der Waals surface area contributed by atoms with E-state index in [-0.39, 0.29) is 22.6 Å². The van der Waals surface area contributed by atoms with E-state index in [9.17, 15) is 24.8 Å². The summed E-state index contributed by atoms with van der Waals surface area (Å²) in [5, 5.41) is 22.1. The number of Topliss-reactive ketones (excluding diaryl/α,β-unsaturated/α-hetero) is 1. The van der Waals surface area contributed by atoms with E-state index in [1.165, 1.54) is 29.2 Å². The molecule has 1 atom stereocenters. The van der Waals surface area contributed by atoms with Crippen molar-refractivity contribution in [1.82, 2.24) is 9.80 Å². The molecule has 1 fully saturated rings. The van der Waals surface area contributed by atoms with Crippen LogP contribution >= 0.6 is 0 Å². The van der Waals surface area contributed by atoms with E-state index in [4.69, 9.17) is 0 Å². The normalized spacial score (nSPS) is 17.4. The highest BCUT2D eigenvalue weighted by atomic mass is 16.6. The van der Waals surface area contributed by atoms with Crippen molar-refractivity contribution < 1.29 is 19.6 Å². The van der Waals surface area contributed by atoms with Gasteiger partial charge in [-0.05, 0) is 42.9 Å². The molecule has 1 N–H and O–H groups in total. The standard InChI is InChI=1S/C25H30N4O5/c1-5-27(6-2)15-16-28-22(17-7-11-19(12-8-17)26(3)4)21(24(31)25(28)32)23(30)18-9-13-20(14-10-18)29(33)34/h7-14,22,30H,5-6,15-16H2,1-4H3/t22-/m1/s1. The molecule has 1 amide bonds. The number of aliphatic hydroxyl groups excluding tert-OH is 1. The first-order valence-corrected chi connectivity index (χ1v) is 11.2. The number of amides is 1. The molecule has 9 nitrogen and oxygen atoms in total. The van der Waals surface area contributed by atoms with Crippen molar-refractivity contribution >= 4 is 28.8 Å². The number of aliphatic hydroxyl groups is 1. The Morgan fingerprint density at radius 2 is 1.62 bits per heavy atom. The molecule has 0 unspecified atom stereocenters. The fraction of sp³-hybridized carbons (Fsp3) is 0.360. The quantitative estimate of drug-likeness (QED) is 0.198.